The molecule has 2 N–H and O–H groups in total. The monoisotopic (exact) mass is 509 g/mol. The molecule has 0 radical (unpaired) electrons. The summed E-state index contributed by atoms with van der Waals surface area (Å²) in [6, 6.07) is 25.1. The van der Waals surface area contributed by atoms with Crippen LogP contribution in [-0.4, -0.2) is 26.6 Å². The lowest BCUT2D eigenvalue weighted by Gasteiger charge is -2.07. The fourth-order valence-corrected chi connectivity index (χ4v) is 3.09. The third kappa shape index (κ3) is 4.54. The molecule has 0 aliphatic heterocycles. The molecule has 30 heavy (non-hydrogen) atoms. The van der Waals surface area contributed by atoms with Crippen molar-refractivity contribution >= 4 is 46.3 Å². The predicted molar refractivity (Wildman–Crippen MR) is 123 cm³/mol. The Labute approximate surface area is 186 Å². The summed E-state index contributed by atoms with van der Waals surface area (Å²) in [4.78, 5) is 29.4. The lowest BCUT2D eigenvalue weighted by Crippen LogP contribution is -2.15. The van der Waals surface area contributed by atoms with Gasteiger partial charge >= 0.3 is 0 Å². The fraction of sp³-hybridized carbons (Fsp3) is 0. The lowest BCUT2D eigenvalue weighted by molar-refractivity contribution is 0.101. The number of carbonyl (C=O) groups is 2. The van der Waals surface area contributed by atoms with Crippen LogP contribution in [0.2, 0.25) is 0 Å². The zero-order chi connectivity index (χ0) is 20.9. The van der Waals surface area contributed by atoms with E-state index in [2.05, 4.69) is 43.3 Å². The van der Waals surface area contributed by atoms with Gasteiger partial charge in [-0.3, -0.25) is 20.2 Å². The van der Waals surface area contributed by atoms with Crippen LogP contribution in [0.5, 0.6) is 0 Å². The van der Waals surface area contributed by atoms with Gasteiger partial charge in [0.2, 0.25) is 5.95 Å². The average Bonchev–Trinajstić information content (AvgIpc) is 3.17. The maximum Gasteiger partial charge on any atom is 0.258 e. The van der Waals surface area contributed by atoms with Crippen molar-refractivity contribution in [1.29, 1.82) is 0 Å². The second kappa shape index (κ2) is 8.87. The number of benzene rings is 3. The van der Waals surface area contributed by atoms with Crippen LogP contribution in [0, 0.1) is 3.57 Å². The minimum absolute atomic E-state index is 0.0887. The highest BCUT2D eigenvalue weighted by molar-refractivity contribution is 14.1. The normalized spacial score (nSPS) is 10.4. The van der Waals surface area contributed by atoms with E-state index in [-0.39, 0.29) is 23.7 Å². The Balaban J connectivity index is 1.65. The molecule has 0 spiro atoms. The molecule has 2 amide bonds. The SMILES string of the molecule is O=C(Nc1nc(NC(=O)c2ccccc2)n(-c2ccc(I)cc2)n1)c1ccccc1. The first kappa shape index (κ1) is 19.8. The maximum atomic E-state index is 12.6. The quantitative estimate of drug-likeness (QED) is 0.391. The Bertz CT molecular complexity index is 1180. The average molecular weight is 509 g/mol. The Morgan fingerprint density at radius 2 is 1.27 bits per heavy atom. The molecule has 0 unspecified atom stereocenters. The largest absolute Gasteiger partial charge is 0.290 e. The standard InChI is InChI=1S/C22H16IN5O2/c23-17-11-13-18(14-12-17)28-22(25-20(30)16-9-5-2-6-10-16)26-21(27-28)24-19(29)15-7-3-1-4-8-15/h1-14H,(H2,24,25,26,27,29,30). The van der Waals surface area contributed by atoms with E-state index < -0.39 is 0 Å². The highest BCUT2D eigenvalue weighted by Crippen LogP contribution is 2.19. The minimum Gasteiger partial charge on any atom is -0.290 e. The summed E-state index contributed by atoms with van der Waals surface area (Å²) in [5.74, 6) is -0.369. The van der Waals surface area contributed by atoms with Gasteiger partial charge in [0.05, 0.1) is 5.69 Å². The van der Waals surface area contributed by atoms with Crippen molar-refractivity contribution in [2.75, 3.05) is 10.6 Å². The molecule has 4 aromatic rings. The molecule has 1 heterocycles. The van der Waals surface area contributed by atoms with Crippen LogP contribution in [0.25, 0.3) is 5.69 Å². The Hall–Kier alpha value is -3.53. The van der Waals surface area contributed by atoms with Gasteiger partial charge in [0.25, 0.3) is 17.8 Å². The summed E-state index contributed by atoms with van der Waals surface area (Å²) in [6.07, 6.45) is 0. The van der Waals surface area contributed by atoms with Gasteiger partial charge in [-0.25, -0.2) is 0 Å². The van der Waals surface area contributed by atoms with Crippen molar-refractivity contribution in [2.45, 2.75) is 0 Å². The van der Waals surface area contributed by atoms with Crippen LogP contribution in [0.1, 0.15) is 20.7 Å². The molecule has 3 aromatic carbocycles. The Kier molecular flexibility index (Phi) is 5.84. The van der Waals surface area contributed by atoms with E-state index >= 15 is 0 Å². The van der Waals surface area contributed by atoms with E-state index in [1.807, 2.05) is 36.4 Å². The number of nitrogens with one attached hydrogen (secondary N) is 2. The summed E-state index contributed by atoms with van der Waals surface area (Å²) in [5, 5.41) is 9.83. The highest BCUT2D eigenvalue weighted by Gasteiger charge is 2.17. The summed E-state index contributed by atoms with van der Waals surface area (Å²) < 4.78 is 2.54. The van der Waals surface area contributed by atoms with E-state index in [4.69, 9.17) is 0 Å². The van der Waals surface area contributed by atoms with E-state index in [9.17, 15) is 9.59 Å². The van der Waals surface area contributed by atoms with Gasteiger partial charge in [0.15, 0.2) is 0 Å². The van der Waals surface area contributed by atoms with Gasteiger partial charge in [-0.15, -0.1) is 5.10 Å². The van der Waals surface area contributed by atoms with E-state index in [0.717, 1.165) is 3.57 Å². The van der Waals surface area contributed by atoms with Crippen LogP contribution < -0.4 is 10.6 Å². The molecular weight excluding hydrogens is 493 g/mol. The second-order valence-corrected chi connectivity index (χ2v) is 7.53. The third-order valence-corrected chi connectivity index (χ3v) is 4.92. The highest BCUT2D eigenvalue weighted by atomic mass is 127. The van der Waals surface area contributed by atoms with Gasteiger partial charge in [0, 0.05) is 14.7 Å². The molecule has 0 fully saturated rings. The molecule has 0 atom stereocenters. The van der Waals surface area contributed by atoms with E-state index in [0.29, 0.717) is 16.8 Å². The van der Waals surface area contributed by atoms with Crippen molar-refractivity contribution in [3.05, 3.63) is 99.6 Å². The number of rotatable bonds is 5. The van der Waals surface area contributed by atoms with E-state index in [1.165, 1.54) is 4.68 Å². The zero-order valence-corrected chi connectivity index (χ0v) is 17.8. The molecule has 148 valence electrons. The topological polar surface area (TPSA) is 88.9 Å². The molecular formula is C22H16IN5O2. The molecule has 0 saturated carbocycles. The van der Waals surface area contributed by atoms with Gasteiger partial charge < -0.3 is 0 Å². The van der Waals surface area contributed by atoms with Crippen molar-refractivity contribution < 1.29 is 9.59 Å². The van der Waals surface area contributed by atoms with Crippen molar-refractivity contribution in [1.82, 2.24) is 14.8 Å². The summed E-state index contributed by atoms with van der Waals surface area (Å²) in [6.45, 7) is 0. The summed E-state index contributed by atoms with van der Waals surface area (Å²) in [5.41, 5.74) is 1.68. The Morgan fingerprint density at radius 1 is 0.733 bits per heavy atom. The van der Waals surface area contributed by atoms with Crippen LogP contribution in [0.15, 0.2) is 84.9 Å². The first-order chi connectivity index (χ1) is 14.6. The first-order valence-corrected chi connectivity index (χ1v) is 10.1. The van der Waals surface area contributed by atoms with Crippen LogP contribution >= 0.6 is 22.6 Å². The second-order valence-electron chi connectivity index (χ2n) is 6.29. The smallest absolute Gasteiger partial charge is 0.258 e. The molecule has 8 heteroatoms. The van der Waals surface area contributed by atoms with E-state index in [1.54, 1.807) is 48.5 Å². The number of hydrogen-bond acceptors (Lipinski definition) is 4. The van der Waals surface area contributed by atoms with Gasteiger partial charge in [0.1, 0.15) is 0 Å². The lowest BCUT2D eigenvalue weighted by atomic mass is 10.2. The molecule has 0 aliphatic carbocycles. The first-order valence-electron chi connectivity index (χ1n) is 9.06. The number of anilines is 2. The molecule has 0 bridgehead atoms. The maximum absolute atomic E-state index is 12.6. The number of nitrogens with zero attached hydrogens (tertiary/aromatic N) is 3. The Morgan fingerprint density at radius 3 is 1.83 bits per heavy atom. The van der Waals surface area contributed by atoms with Crippen molar-refractivity contribution in [3.8, 4) is 5.69 Å². The number of halogens is 1. The molecule has 0 aliphatic rings. The number of aromatic nitrogens is 3. The van der Waals surface area contributed by atoms with Crippen LogP contribution in [0.3, 0.4) is 0 Å². The molecule has 1 aromatic heterocycles. The predicted octanol–water partition coefficient (Wildman–Crippen LogP) is 4.38. The molecule has 0 saturated heterocycles. The third-order valence-electron chi connectivity index (χ3n) is 4.20. The van der Waals surface area contributed by atoms with Gasteiger partial charge in [-0.1, -0.05) is 36.4 Å². The number of carbonyl (C=O) groups excluding carboxylic acids is 2. The van der Waals surface area contributed by atoms with Crippen molar-refractivity contribution in [2.24, 2.45) is 0 Å². The van der Waals surface area contributed by atoms with Gasteiger partial charge in [-0.2, -0.15) is 9.67 Å². The fourth-order valence-electron chi connectivity index (χ4n) is 2.73. The van der Waals surface area contributed by atoms with Crippen LogP contribution in [0.4, 0.5) is 11.9 Å². The summed E-state index contributed by atoms with van der Waals surface area (Å²) in [7, 11) is 0. The minimum atomic E-state index is -0.337. The van der Waals surface area contributed by atoms with Gasteiger partial charge in [-0.05, 0) is 71.1 Å². The molecule has 7 nitrogen and oxygen atoms in total. The molecule has 4 rings (SSSR count). The van der Waals surface area contributed by atoms with Crippen LogP contribution in [-0.2, 0) is 0 Å². The number of hydrogen-bond donors (Lipinski definition) is 2. The summed E-state index contributed by atoms with van der Waals surface area (Å²) >= 11 is 2.21. The number of amides is 2. The van der Waals surface area contributed by atoms with Crippen molar-refractivity contribution in [3.63, 3.8) is 0 Å². The zero-order valence-electron chi connectivity index (χ0n) is 15.6.